The van der Waals surface area contributed by atoms with E-state index in [-0.39, 0.29) is 0 Å². The largest absolute Gasteiger partial charge is 0.496 e. The quantitative estimate of drug-likeness (QED) is 0.684. The molecule has 0 aliphatic heterocycles. The van der Waals surface area contributed by atoms with Gasteiger partial charge in [0.25, 0.3) is 0 Å². The van der Waals surface area contributed by atoms with Crippen molar-refractivity contribution in [1.29, 1.82) is 0 Å². The van der Waals surface area contributed by atoms with Crippen molar-refractivity contribution in [3.63, 3.8) is 0 Å². The molecule has 0 amide bonds. The van der Waals surface area contributed by atoms with Crippen molar-refractivity contribution in [1.82, 2.24) is 9.38 Å². The number of nitrogens with zero attached hydrogens (tertiary/aromatic N) is 2. The number of methoxy groups -OCH3 is 2. The van der Waals surface area contributed by atoms with Crippen LogP contribution in [0.5, 0.6) is 11.5 Å². The maximum absolute atomic E-state index is 6.27. The summed E-state index contributed by atoms with van der Waals surface area (Å²) in [5, 5.41) is 0.632. The van der Waals surface area contributed by atoms with Crippen LogP contribution in [0, 0.1) is 0 Å². The van der Waals surface area contributed by atoms with Gasteiger partial charge in [0.1, 0.15) is 17.1 Å². The third-order valence-corrected chi connectivity index (χ3v) is 4.03. The standard InChI is InChI=1S/C18H19ClN2O2/c1-4-5-12-8-15(22-2)17(16(9-12)23-3)14-10-13(19)11-21-7-6-20-18(14)21/h6-11H,4-5H2,1-3H3. The Hall–Kier alpha value is -2.20. The molecule has 0 N–H and O–H groups in total. The van der Waals surface area contributed by atoms with Crippen LogP contribution in [0.15, 0.2) is 36.8 Å². The Bertz CT molecular complexity index is 817. The van der Waals surface area contributed by atoms with Gasteiger partial charge in [0.15, 0.2) is 0 Å². The van der Waals surface area contributed by atoms with E-state index >= 15 is 0 Å². The minimum Gasteiger partial charge on any atom is -0.496 e. The molecule has 2 aromatic heterocycles. The van der Waals surface area contributed by atoms with E-state index in [1.165, 1.54) is 5.56 Å². The third-order valence-electron chi connectivity index (χ3n) is 3.83. The summed E-state index contributed by atoms with van der Waals surface area (Å²) in [7, 11) is 3.34. The number of imidazole rings is 1. The van der Waals surface area contributed by atoms with Crippen molar-refractivity contribution in [2.75, 3.05) is 14.2 Å². The number of halogens is 1. The first-order valence-corrected chi connectivity index (χ1v) is 7.93. The summed E-state index contributed by atoms with van der Waals surface area (Å²) in [4.78, 5) is 4.44. The van der Waals surface area contributed by atoms with Gasteiger partial charge in [-0.15, -0.1) is 0 Å². The van der Waals surface area contributed by atoms with Gasteiger partial charge in [0.05, 0.1) is 24.8 Å². The number of hydrogen-bond acceptors (Lipinski definition) is 3. The second-order valence-corrected chi connectivity index (χ2v) is 5.79. The fourth-order valence-corrected chi connectivity index (χ4v) is 3.06. The topological polar surface area (TPSA) is 35.8 Å². The van der Waals surface area contributed by atoms with Gasteiger partial charge < -0.3 is 13.9 Å². The lowest BCUT2D eigenvalue weighted by atomic mass is 10.00. The van der Waals surface area contributed by atoms with E-state index in [0.29, 0.717) is 5.02 Å². The molecule has 3 aromatic rings. The summed E-state index contributed by atoms with van der Waals surface area (Å²) in [5.41, 5.74) is 3.76. The van der Waals surface area contributed by atoms with Gasteiger partial charge in [-0.3, -0.25) is 0 Å². The summed E-state index contributed by atoms with van der Waals surface area (Å²) >= 11 is 6.27. The van der Waals surface area contributed by atoms with Crippen LogP contribution in [0.2, 0.25) is 5.02 Å². The molecule has 5 heteroatoms. The van der Waals surface area contributed by atoms with E-state index in [2.05, 4.69) is 24.0 Å². The first-order valence-electron chi connectivity index (χ1n) is 7.55. The van der Waals surface area contributed by atoms with Crippen LogP contribution in [-0.2, 0) is 6.42 Å². The molecular weight excluding hydrogens is 312 g/mol. The van der Waals surface area contributed by atoms with Crippen molar-refractivity contribution in [2.24, 2.45) is 0 Å². The first-order chi connectivity index (χ1) is 11.2. The molecule has 0 aliphatic rings. The second kappa shape index (κ2) is 6.50. The third kappa shape index (κ3) is 2.86. The minimum atomic E-state index is 0.632. The number of pyridine rings is 1. The highest BCUT2D eigenvalue weighted by Crippen LogP contribution is 2.42. The Morgan fingerprint density at radius 3 is 2.43 bits per heavy atom. The van der Waals surface area contributed by atoms with E-state index in [4.69, 9.17) is 21.1 Å². The Balaban J connectivity index is 2.30. The van der Waals surface area contributed by atoms with Crippen LogP contribution in [0.4, 0.5) is 0 Å². The lowest BCUT2D eigenvalue weighted by molar-refractivity contribution is 0.396. The molecule has 4 nitrogen and oxygen atoms in total. The highest BCUT2D eigenvalue weighted by atomic mass is 35.5. The smallest absolute Gasteiger partial charge is 0.144 e. The monoisotopic (exact) mass is 330 g/mol. The molecule has 1 aromatic carbocycles. The van der Waals surface area contributed by atoms with E-state index in [0.717, 1.165) is 41.1 Å². The molecule has 23 heavy (non-hydrogen) atoms. The van der Waals surface area contributed by atoms with Gasteiger partial charge in [-0.05, 0) is 30.2 Å². The summed E-state index contributed by atoms with van der Waals surface area (Å²) in [6.45, 7) is 2.15. The van der Waals surface area contributed by atoms with E-state index in [9.17, 15) is 0 Å². The number of aryl methyl sites for hydroxylation is 1. The van der Waals surface area contributed by atoms with Gasteiger partial charge in [0, 0.05) is 24.2 Å². The SMILES string of the molecule is CCCc1cc(OC)c(-c2cc(Cl)cn3ccnc23)c(OC)c1. The predicted octanol–water partition coefficient (Wildman–Crippen LogP) is 4.62. The van der Waals surface area contributed by atoms with Gasteiger partial charge in [-0.1, -0.05) is 24.9 Å². The lowest BCUT2D eigenvalue weighted by Crippen LogP contribution is -1.98. The number of fused-ring (bicyclic) bond motifs is 1. The molecule has 0 bridgehead atoms. The van der Waals surface area contributed by atoms with Crippen molar-refractivity contribution >= 4 is 17.2 Å². The van der Waals surface area contributed by atoms with E-state index < -0.39 is 0 Å². The Morgan fingerprint density at radius 2 is 1.83 bits per heavy atom. The Kier molecular flexibility index (Phi) is 4.44. The molecule has 0 unspecified atom stereocenters. The number of rotatable bonds is 5. The minimum absolute atomic E-state index is 0.632. The number of aromatic nitrogens is 2. The predicted molar refractivity (Wildman–Crippen MR) is 92.7 cm³/mol. The second-order valence-electron chi connectivity index (χ2n) is 5.36. The average molecular weight is 331 g/mol. The highest BCUT2D eigenvalue weighted by molar-refractivity contribution is 6.31. The van der Waals surface area contributed by atoms with Crippen LogP contribution >= 0.6 is 11.6 Å². The number of benzene rings is 1. The van der Waals surface area contributed by atoms with Gasteiger partial charge in [-0.2, -0.15) is 0 Å². The van der Waals surface area contributed by atoms with Gasteiger partial charge in [0.2, 0.25) is 0 Å². The molecule has 3 rings (SSSR count). The number of hydrogen-bond donors (Lipinski definition) is 0. The Labute approximate surface area is 140 Å². The van der Waals surface area contributed by atoms with Crippen LogP contribution < -0.4 is 9.47 Å². The zero-order chi connectivity index (χ0) is 16.4. The van der Waals surface area contributed by atoms with Crippen molar-refractivity contribution in [3.05, 3.63) is 47.4 Å². The van der Waals surface area contributed by atoms with Crippen LogP contribution in [-0.4, -0.2) is 23.6 Å². The highest BCUT2D eigenvalue weighted by Gasteiger charge is 2.18. The molecule has 0 spiro atoms. The summed E-state index contributed by atoms with van der Waals surface area (Å²) < 4.78 is 13.2. The van der Waals surface area contributed by atoms with Crippen LogP contribution in [0.1, 0.15) is 18.9 Å². The van der Waals surface area contributed by atoms with Crippen molar-refractivity contribution in [3.8, 4) is 22.6 Å². The molecule has 120 valence electrons. The molecule has 0 saturated carbocycles. The van der Waals surface area contributed by atoms with Gasteiger partial charge in [-0.25, -0.2) is 4.98 Å². The molecular formula is C18H19ClN2O2. The fourth-order valence-electron chi connectivity index (χ4n) is 2.85. The van der Waals surface area contributed by atoms with Gasteiger partial charge >= 0.3 is 0 Å². The summed E-state index contributed by atoms with van der Waals surface area (Å²) in [5.74, 6) is 1.53. The van der Waals surface area contributed by atoms with Crippen molar-refractivity contribution in [2.45, 2.75) is 19.8 Å². The first kappa shape index (κ1) is 15.7. The van der Waals surface area contributed by atoms with Crippen LogP contribution in [0.3, 0.4) is 0 Å². The summed E-state index contributed by atoms with van der Waals surface area (Å²) in [6.07, 6.45) is 7.49. The molecule has 0 aliphatic carbocycles. The van der Waals surface area contributed by atoms with E-state index in [1.54, 1.807) is 20.4 Å². The Morgan fingerprint density at radius 1 is 1.13 bits per heavy atom. The molecule has 0 fully saturated rings. The van der Waals surface area contributed by atoms with Crippen molar-refractivity contribution < 1.29 is 9.47 Å². The molecule has 0 saturated heterocycles. The van der Waals surface area contributed by atoms with Crippen LogP contribution in [0.25, 0.3) is 16.8 Å². The maximum atomic E-state index is 6.27. The molecule has 0 radical (unpaired) electrons. The summed E-state index contributed by atoms with van der Waals surface area (Å²) in [6, 6.07) is 6.01. The average Bonchev–Trinajstić information content (AvgIpc) is 3.01. The normalized spacial score (nSPS) is 11.0. The zero-order valence-electron chi connectivity index (χ0n) is 13.5. The molecule has 0 atom stereocenters. The van der Waals surface area contributed by atoms with E-state index in [1.807, 2.05) is 22.9 Å². The number of ether oxygens (including phenoxy) is 2. The molecule has 2 heterocycles. The fraction of sp³-hybridized carbons (Fsp3) is 0.278. The lowest BCUT2D eigenvalue weighted by Gasteiger charge is -2.16. The maximum Gasteiger partial charge on any atom is 0.144 e. The zero-order valence-corrected chi connectivity index (χ0v) is 14.2.